The molecule has 0 aromatic heterocycles. The van der Waals surface area contributed by atoms with E-state index in [0.29, 0.717) is 6.42 Å². The van der Waals surface area contributed by atoms with Crippen LogP contribution in [0.4, 0.5) is 0 Å². The molecular weight excluding hydrogens is 336 g/mol. The van der Waals surface area contributed by atoms with E-state index in [1.54, 1.807) is 0 Å². The Labute approximate surface area is 162 Å². The summed E-state index contributed by atoms with van der Waals surface area (Å²) in [4.78, 5) is 15.2. The highest BCUT2D eigenvalue weighted by Gasteiger charge is 2.44. The Morgan fingerprint density at radius 3 is 2.59 bits per heavy atom. The van der Waals surface area contributed by atoms with Crippen molar-refractivity contribution in [1.82, 2.24) is 10.2 Å². The Morgan fingerprint density at radius 1 is 1.11 bits per heavy atom. The van der Waals surface area contributed by atoms with E-state index < -0.39 is 0 Å². The van der Waals surface area contributed by atoms with E-state index in [2.05, 4.69) is 34.5 Å². The minimum atomic E-state index is -0.0736. The molecule has 2 saturated carbocycles. The van der Waals surface area contributed by atoms with Gasteiger partial charge in [0, 0.05) is 38.5 Å². The number of para-hydroxylation sites is 1. The first-order valence-corrected chi connectivity index (χ1v) is 11.0. The number of likely N-dealkylation sites (tertiary alicyclic amines) is 1. The van der Waals surface area contributed by atoms with Crippen LogP contribution >= 0.6 is 0 Å². The number of amides is 1. The van der Waals surface area contributed by atoms with Crippen molar-refractivity contribution in [2.75, 3.05) is 26.2 Å². The number of carbonyl (C=O) groups excluding carboxylic acids is 1. The summed E-state index contributed by atoms with van der Waals surface area (Å²) >= 11 is 0. The number of hydrogen-bond donors (Lipinski definition) is 1. The van der Waals surface area contributed by atoms with Crippen LogP contribution in [0.5, 0.6) is 5.75 Å². The number of rotatable bonds is 6. The van der Waals surface area contributed by atoms with Crippen LogP contribution < -0.4 is 10.1 Å². The third kappa shape index (κ3) is 4.16. The number of ether oxygens (including phenoxy) is 1. The standard InChI is InChI=1S/C23H32N2O2/c26-22(24-15-17-5-6-17)13-19-14-23(27-21-4-2-1-3-20(19)21)9-11-25(12-10-23)16-18-7-8-18/h1-4,17-19H,5-16H2,(H,24,26)/t19-/m0/s1. The van der Waals surface area contributed by atoms with Gasteiger partial charge in [0.05, 0.1) is 0 Å². The van der Waals surface area contributed by atoms with Crippen molar-refractivity contribution in [2.24, 2.45) is 11.8 Å². The number of benzene rings is 1. The average Bonchev–Trinajstić information content (AvgIpc) is 3.58. The molecule has 1 amide bonds. The number of fused-ring (bicyclic) bond motifs is 1. The van der Waals surface area contributed by atoms with Gasteiger partial charge in [-0.05, 0) is 68.4 Å². The summed E-state index contributed by atoms with van der Waals surface area (Å²) in [5.41, 5.74) is 1.15. The fraction of sp³-hybridized carbons (Fsp3) is 0.696. The first-order chi connectivity index (χ1) is 13.2. The van der Waals surface area contributed by atoms with Crippen LogP contribution in [0.25, 0.3) is 0 Å². The molecule has 1 atom stereocenters. The fourth-order valence-electron chi connectivity index (χ4n) is 4.92. The molecule has 1 spiro atoms. The highest BCUT2D eigenvalue weighted by Crippen LogP contribution is 2.46. The summed E-state index contributed by atoms with van der Waals surface area (Å²) in [6.07, 6.45) is 9.16. The zero-order valence-corrected chi connectivity index (χ0v) is 16.3. The number of hydrogen-bond acceptors (Lipinski definition) is 3. The van der Waals surface area contributed by atoms with Crippen LogP contribution in [0.2, 0.25) is 0 Å². The van der Waals surface area contributed by atoms with Crippen molar-refractivity contribution >= 4 is 5.91 Å². The molecule has 4 nitrogen and oxygen atoms in total. The molecule has 1 N–H and O–H groups in total. The van der Waals surface area contributed by atoms with E-state index in [1.165, 1.54) is 37.8 Å². The SMILES string of the molecule is O=C(C[C@H]1CC2(CCN(CC3CC3)CC2)Oc2ccccc21)NCC1CC1. The minimum Gasteiger partial charge on any atom is -0.487 e. The molecule has 0 radical (unpaired) electrons. The maximum atomic E-state index is 12.5. The zero-order valence-electron chi connectivity index (χ0n) is 16.3. The highest BCUT2D eigenvalue weighted by molar-refractivity contribution is 5.77. The smallest absolute Gasteiger partial charge is 0.220 e. The van der Waals surface area contributed by atoms with E-state index in [9.17, 15) is 4.79 Å². The van der Waals surface area contributed by atoms with Crippen molar-refractivity contribution < 1.29 is 9.53 Å². The predicted molar refractivity (Wildman–Crippen MR) is 106 cm³/mol. The molecule has 4 heteroatoms. The van der Waals surface area contributed by atoms with Crippen molar-refractivity contribution in [1.29, 1.82) is 0 Å². The molecule has 146 valence electrons. The third-order valence-corrected chi connectivity index (χ3v) is 7.00. The van der Waals surface area contributed by atoms with Crippen molar-refractivity contribution in [3.8, 4) is 5.75 Å². The van der Waals surface area contributed by atoms with Gasteiger partial charge in [0.2, 0.25) is 5.91 Å². The monoisotopic (exact) mass is 368 g/mol. The molecule has 2 aliphatic carbocycles. The molecule has 1 saturated heterocycles. The lowest BCUT2D eigenvalue weighted by Gasteiger charge is -2.47. The molecule has 0 bridgehead atoms. The van der Waals surface area contributed by atoms with Crippen molar-refractivity contribution in [3.63, 3.8) is 0 Å². The van der Waals surface area contributed by atoms with Crippen molar-refractivity contribution in [3.05, 3.63) is 29.8 Å². The quantitative estimate of drug-likeness (QED) is 0.832. The number of nitrogens with zero attached hydrogens (tertiary/aromatic N) is 1. The normalized spacial score (nSPS) is 27.0. The van der Waals surface area contributed by atoms with Crippen LogP contribution in [0.15, 0.2) is 24.3 Å². The molecule has 27 heavy (non-hydrogen) atoms. The Bertz CT molecular complexity index is 687. The van der Waals surface area contributed by atoms with E-state index in [1.807, 2.05) is 0 Å². The van der Waals surface area contributed by atoms with Gasteiger partial charge in [-0.1, -0.05) is 18.2 Å². The van der Waals surface area contributed by atoms with Gasteiger partial charge in [-0.25, -0.2) is 0 Å². The lowest BCUT2D eigenvalue weighted by Crippen LogP contribution is -2.51. The Morgan fingerprint density at radius 2 is 1.85 bits per heavy atom. The second-order valence-electron chi connectivity index (χ2n) is 9.42. The van der Waals surface area contributed by atoms with Crippen molar-refractivity contribution in [2.45, 2.75) is 62.9 Å². The maximum absolute atomic E-state index is 12.5. The van der Waals surface area contributed by atoms with Gasteiger partial charge in [0.1, 0.15) is 11.4 Å². The van der Waals surface area contributed by atoms with E-state index >= 15 is 0 Å². The number of carbonyl (C=O) groups is 1. The Balaban J connectivity index is 1.26. The molecule has 5 rings (SSSR count). The molecule has 2 heterocycles. The molecule has 3 fully saturated rings. The predicted octanol–water partition coefficient (Wildman–Crippen LogP) is 3.71. The molecule has 2 aliphatic heterocycles. The van der Waals surface area contributed by atoms with E-state index in [4.69, 9.17) is 4.74 Å². The van der Waals surface area contributed by atoms with Crippen LogP contribution in [0.3, 0.4) is 0 Å². The van der Waals surface area contributed by atoms with Gasteiger partial charge in [-0.2, -0.15) is 0 Å². The first kappa shape index (κ1) is 17.5. The topological polar surface area (TPSA) is 41.6 Å². The van der Waals surface area contributed by atoms with E-state index in [0.717, 1.165) is 56.5 Å². The van der Waals surface area contributed by atoms with Gasteiger partial charge in [0.15, 0.2) is 0 Å². The lowest BCUT2D eigenvalue weighted by atomic mass is 9.76. The Kier molecular flexibility index (Phi) is 4.63. The Hall–Kier alpha value is -1.55. The largest absolute Gasteiger partial charge is 0.487 e. The van der Waals surface area contributed by atoms with Gasteiger partial charge in [0.25, 0.3) is 0 Å². The zero-order chi connectivity index (χ0) is 18.3. The highest BCUT2D eigenvalue weighted by atomic mass is 16.5. The summed E-state index contributed by atoms with van der Waals surface area (Å²) in [5, 5.41) is 3.16. The number of piperidine rings is 1. The second-order valence-corrected chi connectivity index (χ2v) is 9.42. The van der Waals surface area contributed by atoms with Crippen LogP contribution in [-0.4, -0.2) is 42.6 Å². The molecule has 0 unspecified atom stereocenters. The second kappa shape index (κ2) is 7.12. The summed E-state index contributed by atoms with van der Waals surface area (Å²) in [5.74, 6) is 3.20. The molecule has 1 aromatic carbocycles. The van der Waals surface area contributed by atoms with Crippen LogP contribution in [0.1, 0.15) is 62.8 Å². The third-order valence-electron chi connectivity index (χ3n) is 7.00. The van der Waals surface area contributed by atoms with Gasteiger partial charge >= 0.3 is 0 Å². The first-order valence-electron chi connectivity index (χ1n) is 11.0. The maximum Gasteiger partial charge on any atom is 0.220 e. The van der Waals surface area contributed by atoms with Crippen LogP contribution in [0, 0.1) is 11.8 Å². The average molecular weight is 369 g/mol. The molecule has 4 aliphatic rings. The lowest BCUT2D eigenvalue weighted by molar-refractivity contribution is -0.122. The van der Waals surface area contributed by atoms with Gasteiger partial charge < -0.3 is 15.0 Å². The van der Waals surface area contributed by atoms with Gasteiger partial charge in [-0.3, -0.25) is 4.79 Å². The van der Waals surface area contributed by atoms with Crippen LogP contribution in [-0.2, 0) is 4.79 Å². The minimum absolute atomic E-state index is 0.0736. The molecule has 1 aromatic rings. The fourth-order valence-corrected chi connectivity index (χ4v) is 4.92. The van der Waals surface area contributed by atoms with Gasteiger partial charge in [-0.15, -0.1) is 0 Å². The van der Waals surface area contributed by atoms with E-state index in [-0.39, 0.29) is 17.4 Å². The molecular formula is C23H32N2O2. The number of nitrogens with one attached hydrogen (secondary N) is 1. The summed E-state index contributed by atoms with van der Waals surface area (Å²) in [6, 6.07) is 8.39. The summed E-state index contributed by atoms with van der Waals surface area (Å²) < 4.78 is 6.59. The summed E-state index contributed by atoms with van der Waals surface area (Å²) in [7, 11) is 0. The summed E-state index contributed by atoms with van der Waals surface area (Å²) in [6.45, 7) is 4.42.